The van der Waals surface area contributed by atoms with Crippen LogP contribution in [0, 0.1) is 5.92 Å². The third-order valence-corrected chi connectivity index (χ3v) is 6.03. The molecule has 2 aromatic rings. The summed E-state index contributed by atoms with van der Waals surface area (Å²) in [6.45, 7) is 7.05. The molecule has 26 heavy (non-hydrogen) atoms. The van der Waals surface area contributed by atoms with E-state index in [-0.39, 0.29) is 5.91 Å². The lowest BCUT2D eigenvalue weighted by molar-refractivity contribution is 0.0591. The van der Waals surface area contributed by atoms with Crippen LogP contribution in [-0.2, 0) is 13.5 Å². The van der Waals surface area contributed by atoms with E-state index in [9.17, 15) is 4.79 Å². The van der Waals surface area contributed by atoms with Gasteiger partial charge in [-0.3, -0.25) is 14.4 Å². The molecule has 0 aliphatic carbocycles. The molecular formula is C18H28N6OS. The minimum Gasteiger partial charge on any atom is -0.341 e. The third-order valence-electron chi connectivity index (χ3n) is 5.27. The van der Waals surface area contributed by atoms with Crippen LogP contribution < -0.4 is 0 Å². The van der Waals surface area contributed by atoms with E-state index in [4.69, 9.17) is 0 Å². The number of hydrogen-bond acceptors (Lipinski definition) is 6. The van der Waals surface area contributed by atoms with E-state index in [1.165, 1.54) is 23.5 Å². The zero-order valence-corrected chi connectivity index (χ0v) is 16.9. The van der Waals surface area contributed by atoms with Crippen LogP contribution in [-0.4, -0.2) is 61.8 Å². The lowest BCUT2D eigenvalue weighted by atomic mass is 9.85. The molecule has 142 valence electrons. The summed E-state index contributed by atoms with van der Waals surface area (Å²) in [5, 5.41) is 8.44. The molecule has 0 spiro atoms. The molecule has 1 aliphatic rings. The molecule has 0 N–H and O–H groups in total. The van der Waals surface area contributed by atoms with Crippen molar-refractivity contribution >= 4 is 17.4 Å². The molecule has 2 atom stereocenters. The summed E-state index contributed by atoms with van der Waals surface area (Å²) < 4.78 is 5.82. The number of amides is 1. The van der Waals surface area contributed by atoms with Gasteiger partial charge in [0.25, 0.3) is 5.91 Å². The van der Waals surface area contributed by atoms with Gasteiger partial charge in [-0.15, -0.1) is 5.10 Å². The van der Waals surface area contributed by atoms with Crippen LogP contribution in [0.25, 0.3) is 0 Å². The first-order valence-electron chi connectivity index (χ1n) is 9.34. The number of hydrogen-bond donors (Lipinski definition) is 0. The Morgan fingerprint density at radius 2 is 2.23 bits per heavy atom. The number of aromatic nitrogens is 4. The van der Waals surface area contributed by atoms with Crippen molar-refractivity contribution < 1.29 is 4.79 Å². The van der Waals surface area contributed by atoms with Gasteiger partial charge in [-0.25, -0.2) is 0 Å². The van der Waals surface area contributed by atoms with Crippen LogP contribution in [0.4, 0.5) is 0 Å². The van der Waals surface area contributed by atoms with Crippen molar-refractivity contribution in [3.05, 3.63) is 28.5 Å². The number of piperidine rings is 1. The zero-order valence-electron chi connectivity index (χ0n) is 16.1. The molecule has 0 saturated carbocycles. The molecule has 1 amide bonds. The zero-order chi connectivity index (χ0) is 18.7. The second-order valence-electron chi connectivity index (χ2n) is 7.01. The fourth-order valence-electron chi connectivity index (χ4n) is 3.98. The normalized spacial score (nSPS) is 21.1. The summed E-state index contributed by atoms with van der Waals surface area (Å²) >= 11 is 1.20. The number of likely N-dealkylation sites (tertiary alicyclic amines) is 1. The second-order valence-corrected chi connectivity index (χ2v) is 7.77. The Balaban J connectivity index is 1.78. The number of carbonyl (C=O) groups is 1. The smallest absolute Gasteiger partial charge is 0.267 e. The minimum atomic E-state index is 0.0374. The molecule has 7 nitrogen and oxygen atoms in total. The Hall–Kier alpha value is -1.80. The molecule has 3 rings (SSSR count). The first kappa shape index (κ1) is 19.0. The van der Waals surface area contributed by atoms with Gasteiger partial charge < -0.3 is 4.90 Å². The monoisotopic (exact) mass is 376 g/mol. The van der Waals surface area contributed by atoms with Crippen molar-refractivity contribution in [1.82, 2.24) is 29.2 Å². The molecule has 0 radical (unpaired) electrons. The summed E-state index contributed by atoms with van der Waals surface area (Å²) in [5.74, 6) is 0.434. The average molecular weight is 377 g/mol. The van der Waals surface area contributed by atoms with E-state index in [0.29, 0.717) is 16.8 Å². The van der Waals surface area contributed by atoms with E-state index in [1.807, 2.05) is 36.8 Å². The van der Waals surface area contributed by atoms with Crippen molar-refractivity contribution in [2.45, 2.75) is 39.2 Å². The van der Waals surface area contributed by atoms with Gasteiger partial charge in [0, 0.05) is 38.4 Å². The maximum atomic E-state index is 12.9. The lowest BCUT2D eigenvalue weighted by Gasteiger charge is -2.42. The Morgan fingerprint density at radius 1 is 1.42 bits per heavy atom. The van der Waals surface area contributed by atoms with E-state index in [2.05, 4.69) is 32.7 Å². The minimum absolute atomic E-state index is 0.0374. The number of carbonyl (C=O) groups excluding carboxylic acids is 1. The maximum absolute atomic E-state index is 12.9. The van der Waals surface area contributed by atoms with Crippen LogP contribution in [0.1, 0.15) is 53.7 Å². The molecule has 0 unspecified atom stereocenters. The van der Waals surface area contributed by atoms with E-state index < -0.39 is 0 Å². The Bertz CT molecular complexity index is 742. The third kappa shape index (κ3) is 3.81. The highest BCUT2D eigenvalue weighted by molar-refractivity contribution is 7.07. The van der Waals surface area contributed by atoms with E-state index >= 15 is 0 Å². The quantitative estimate of drug-likeness (QED) is 0.774. The maximum Gasteiger partial charge on any atom is 0.267 e. The summed E-state index contributed by atoms with van der Waals surface area (Å²) in [4.78, 5) is 17.9. The van der Waals surface area contributed by atoms with Crippen molar-refractivity contribution in [1.29, 1.82) is 0 Å². The first-order chi connectivity index (χ1) is 12.5. The van der Waals surface area contributed by atoms with Gasteiger partial charge in [0.15, 0.2) is 0 Å². The van der Waals surface area contributed by atoms with Gasteiger partial charge in [-0.05, 0) is 49.8 Å². The number of rotatable bonds is 6. The summed E-state index contributed by atoms with van der Waals surface area (Å²) in [6.07, 6.45) is 7.09. The van der Waals surface area contributed by atoms with Crippen LogP contribution >= 0.6 is 11.5 Å². The summed E-state index contributed by atoms with van der Waals surface area (Å²) in [7, 11) is 3.85. The molecule has 1 saturated heterocycles. The van der Waals surface area contributed by atoms with Crippen LogP contribution in [0.2, 0.25) is 0 Å². The van der Waals surface area contributed by atoms with Crippen LogP contribution in [0.15, 0.2) is 12.4 Å². The first-order valence-corrected chi connectivity index (χ1v) is 10.1. The number of nitrogens with zero attached hydrogens (tertiary/aromatic N) is 6. The van der Waals surface area contributed by atoms with E-state index in [1.54, 1.807) is 0 Å². The Morgan fingerprint density at radius 3 is 2.88 bits per heavy atom. The molecule has 1 fully saturated rings. The molecule has 1 aliphatic heterocycles. The lowest BCUT2D eigenvalue weighted by Crippen LogP contribution is -2.43. The van der Waals surface area contributed by atoms with E-state index in [0.717, 1.165) is 38.2 Å². The average Bonchev–Trinajstić information content (AvgIpc) is 3.29. The summed E-state index contributed by atoms with van der Waals surface area (Å²) in [5.41, 5.74) is 2.04. The summed E-state index contributed by atoms with van der Waals surface area (Å²) in [6, 6.07) is 0.308. The molecule has 0 aromatic carbocycles. The fourth-order valence-corrected chi connectivity index (χ4v) is 4.73. The number of aryl methyl sites for hydroxylation is 2. The predicted octanol–water partition coefficient (Wildman–Crippen LogP) is 2.38. The highest BCUT2D eigenvalue weighted by atomic mass is 32.1. The predicted molar refractivity (Wildman–Crippen MR) is 102 cm³/mol. The standard InChI is InChI=1S/C18H28N6OS/c1-5-15-17(26-21-20-15)18(25)22(3)11-13-8-7-9-24(6-2)16(13)14-10-19-23(4)12-14/h10,12-13,16H,5-9,11H2,1-4H3/t13-,16+/m0/s1. The van der Waals surface area contributed by atoms with Crippen LogP contribution in [0.3, 0.4) is 0 Å². The van der Waals surface area contributed by atoms with Crippen LogP contribution in [0.5, 0.6) is 0 Å². The van der Waals surface area contributed by atoms with Crippen molar-refractivity contribution in [3.63, 3.8) is 0 Å². The van der Waals surface area contributed by atoms with Gasteiger partial charge in [0.1, 0.15) is 4.88 Å². The highest BCUT2D eigenvalue weighted by Crippen LogP contribution is 2.36. The molecule has 8 heteroatoms. The van der Waals surface area contributed by atoms with Crippen molar-refractivity contribution in [2.24, 2.45) is 13.0 Å². The Labute approximate surface area is 159 Å². The van der Waals surface area contributed by atoms with Crippen molar-refractivity contribution in [3.8, 4) is 0 Å². The fraction of sp³-hybridized carbons (Fsp3) is 0.667. The van der Waals surface area contributed by atoms with Gasteiger partial charge >= 0.3 is 0 Å². The van der Waals surface area contributed by atoms with Gasteiger partial charge in [0.2, 0.25) is 0 Å². The van der Waals surface area contributed by atoms with Crippen molar-refractivity contribution in [2.75, 3.05) is 26.7 Å². The molecule has 2 aromatic heterocycles. The highest BCUT2D eigenvalue weighted by Gasteiger charge is 2.34. The van der Waals surface area contributed by atoms with Gasteiger partial charge in [0.05, 0.1) is 11.9 Å². The molecular weight excluding hydrogens is 348 g/mol. The molecule has 0 bridgehead atoms. The topological polar surface area (TPSA) is 67.2 Å². The second kappa shape index (κ2) is 8.26. The Kier molecular flexibility index (Phi) is 6.03. The van der Waals surface area contributed by atoms with Gasteiger partial charge in [-0.2, -0.15) is 5.10 Å². The largest absolute Gasteiger partial charge is 0.341 e. The SMILES string of the molecule is CCc1nnsc1C(=O)N(C)C[C@@H]1CCCN(CC)[C@H]1c1cnn(C)c1. The van der Waals surface area contributed by atoms with Gasteiger partial charge in [-0.1, -0.05) is 18.3 Å². The molecule has 3 heterocycles.